The number of hydrogen-bond donors (Lipinski definition) is 3. The summed E-state index contributed by atoms with van der Waals surface area (Å²) in [6, 6.07) is 8.94. The molecule has 0 spiro atoms. The standard InChI is InChI=1S/C13H10FIN2O2/c14-7-1-4-12(10(15)5-7)17-8-2-3-11(16)9(6-8)13(18)19/h1-6,17H,16H2,(H,18,19). The van der Waals surface area contributed by atoms with Gasteiger partial charge in [-0.05, 0) is 59.0 Å². The first-order valence-corrected chi connectivity index (χ1v) is 6.40. The second kappa shape index (κ2) is 5.43. The van der Waals surface area contributed by atoms with Crippen molar-refractivity contribution in [1.29, 1.82) is 0 Å². The van der Waals surface area contributed by atoms with Gasteiger partial charge in [-0.2, -0.15) is 0 Å². The first-order chi connectivity index (χ1) is 8.97. The maximum absolute atomic E-state index is 13.0. The van der Waals surface area contributed by atoms with Gasteiger partial charge in [0.1, 0.15) is 5.82 Å². The van der Waals surface area contributed by atoms with Gasteiger partial charge in [-0.3, -0.25) is 0 Å². The lowest BCUT2D eigenvalue weighted by Gasteiger charge is -2.10. The molecular formula is C13H10FIN2O2. The van der Waals surface area contributed by atoms with Gasteiger partial charge >= 0.3 is 5.97 Å². The molecule has 0 bridgehead atoms. The summed E-state index contributed by atoms with van der Waals surface area (Å²) in [5.74, 6) is -1.41. The minimum atomic E-state index is -1.09. The Bertz CT molecular complexity index is 647. The van der Waals surface area contributed by atoms with Gasteiger partial charge in [-0.25, -0.2) is 9.18 Å². The molecule has 19 heavy (non-hydrogen) atoms. The number of nitrogens with one attached hydrogen (secondary N) is 1. The van der Waals surface area contributed by atoms with Crippen LogP contribution >= 0.6 is 22.6 Å². The number of carboxylic acid groups (broad SMARTS) is 1. The van der Waals surface area contributed by atoms with Crippen LogP contribution in [0, 0.1) is 9.39 Å². The molecule has 0 fully saturated rings. The molecule has 0 radical (unpaired) electrons. The van der Waals surface area contributed by atoms with Crippen LogP contribution in [0.25, 0.3) is 0 Å². The Labute approximate surface area is 122 Å². The van der Waals surface area contributed by atoms with Gasteiger partial charge in [0, 0.05) is 14.9 Å². The average Bonchev–Trinajstić information content (AvgIpc) is 2.34. The zero-order valence-corrected chi connectivity index (χ0v) is 11.8. The topological polar surface area (TPSA) is 75.3 Å². The van der Waals surface area contributed by atoms with E-state index < -0.39 is 5.97 Å². The van der Waals surface area contributed by atoms with Crippen LogP contribution in [-0.4, -0.2) is 11.1 Å². The molecule has 0 atom stereocenters. The Kier molecular flexibility index (Phi) is 3.89. The Hall–Kier alpha value is -1.83. The number of nitrogen functional groups attached to an aromatic ring is 1. The molecule has 0 heterocycles. The fourth-order valence-corrected chi connectivity index (χ4v) is 2.18. The van der Waals surface area contributed by atoms with E-state index in [1.54, 1.807) is 12.1 Å². The van der Waals surface area contributed by atoms with Crippen molar-refractivity contribution in [2.75, 3.05) is 11.1 Å². The molecule has 0 saturated carbocycles. The summed E-state index contributed by atoms with van der Waals surface area (Å²) in [5, 5.41) is 12.0. The van der Waals surface area contributed by atoms with E-state index in [4.69, 9.17) is 10.8 Å². The summed E-state index contributed by atoms with van der Waals surface area (Å²) in [5.41, 5.74) is 7.08. The summed E-state index contributed by atoms with van der Waals surface area (Å²) in [4.78, 5) is 11.0. The highest BCUT2D eigenvalue weighted by Gasteiger charge is 2.09. The molecule has 2 rings (SSSR count). The van der Waals surface area contributed by atoms with Crippen molar-refractivity contribution in [3.63, 3.8) is 0 Å². The van der Waals surface area contributed by atoms with Crippen LogP contribution in [0.1, 0.15) is 10.4 Å². The Balaban J connectivity index is 2.33. The number of halogens is 2. The molecule has 0 aliphatic heterocycles. The zero-order chi connectivity index (χ0) is 14.0. The second-order valence-corrected chi connectivity index (χ2v) is 5.02. The maximum atomic E-state index is 13.0. The summed E-state index contributed by atoms with van der Waals surface area (Å²) < 4.78 is 13.7. The number of nitrogens with two attached hydrogens (primary N) is 1. The molecule has 0 aromatic heterocycles. The van der Waals surface area contributed by atoms with Crippen molar-refractivity contribution in [3.05, 3.63) is 51.3 Å². The molecule has 2 aromatic rings. The molecule has 0 unspecified atom stereocenters. The van der Waals surface area contributed by atoms with Gasteiger partial charge in [0.25, 0.3) is 0 Å². The third-order valence-electron chi connectivity index (χ3n) is 2.49. The SMILES string of the molecule is Nc1ccc(Nc2ccc(F)cc2I)cc1C(=O)O. The van der Waals surface area contributed by atoms with Crippen LogP contribution in [0.2, 0.25) is 0 Å². The van der Waals surface area contributed by atoms with E-state index >= 15 is 0 Å². The third kappa shape index (κ3) is 3.14. The number of aromatic carboxylic acids is 1. The first-order valence-electron chi connectivity index (χ1n) is 5.32. The lowest BCUT2D eigenvalue weighted by atomic mass is 10.1. The molecule has 0 saturated heterocycles. The normalized spacial score (nSPS) is 10.2. The number of carboxylic acids is 1. The van der Waals surface area contributed by atoms with Crippen molar-refractivity contribution in [3.8, 4) is 0 Å². The van der Waals surface area contributed by atoms with E-state index in [0.29, 0.717) is 14.9 Å². The highest BCUT2D eigenvalue weighted by molar-refractivity contribution is 14.1. The minimum Gasteiger partial charge on any atom is -0.478 e. The molecule has 6 heteroatoms. The first kappa shape index (κ1) is 13.6. The minimum absolute atomic E-state index is 0.0297. The monoisotopic (exact) mass is 372 g/mol. The Morgan fingerprint density at radius 1 is 1.26 bits per heavy atom. The van der Waals surface area contributed by atoms with Crippen LogP contribution < -0.4 is 11.1 Å². The van der Waals surface area contributed by atoms with E-state index in [1.165, 1.54) is 24.3 Å². The summed E-state index contributed by atoms with van der Waals surface area (Å²) in [7, 11) is 0. The Morgan fingerprint density at radius 3 is 2.63 bits per heavy atom. The van der Waals surface area contributed by atoms with E-state index in [2.05, 4.69) is 5.32 Å². The second-order valence-electron chi connectivity index (χ2n) is 3.86. The van der Waals surface area contributed by atoms with Crippen LogP contribution in [0.3, 0.4) is 0 Å². The number of benzene rings is 2. The highest BCUT2D eigenvalue weighted by atomic mass is 127. The van der Waals surface area contributed by atoms with Gasteiger partial charge in [-0.1, -0.05) is 0 Å². The number of rotatable bonds is 3. The van der Waals surface area contributed by atoms with Crippen molar-refractivity contribution in [1.82, 2.24) is 0 Å². The van der Waals surface area contributed by atoms with Crippen LogP contribution in [0.5, 0.6) is 0 Å². The van der Waals surface area contributed by atoms with Crippen molar-refractivity contribution in [2.24, 2.45) is 0 Å². The van der Waals surface area contributed by atoms with E-state index in [1.807, 2.05) is 22.6 Å². The highest BCUT2D eigenvalue weighted by Crippen LogP contribution is 2.25. The molecule has 0 aliphatic carbocycles. The summed E-state index contributed by atoms with van der Waals surface area (Å²) in [6.45, 7) is 0. The predicted octanol–water partition coefficient (Wildman–Crippen LogP) is 3.45. The molecule has 4 N–H and O–H groups in total. The van der Waals surface area contributed by atoms with Gasteiger partial charge in [0.05, 0.1) is 11.3 Å². The van der Waals surface area contributed by atoms with Gasteiger partial charge in [0.15, 0.2) is 0 Å². The quantitative estimate of drug-likeness (QED) is 0.570. The predicted molar refractivity (Wildman–Crippen MR) is 80.2 cm³/mol. The third-order valence-corrected chi connectivity index (χ3v) is 3.39. The maximum Gasteiger partial charge on any atom is 0.337 e. The van der Waals surface area contributed by atoms with E-state index in [9.17, 15) is 9.18 Å². The molecule has 4 nitrogen and oxygen atoms in total. The molecule has 98 valence electrons. The van der Waals surface area contributed by atoms with Gasteiger partial charge in [0.2, 0.25) is 0 Å². The van der Waals surface area contributed by atoms with Crippen molar-refractivity contribution >= 4 is 45.6 Å². The molecule has 0 amide bonds. The van der Waals surface area contributed by atoms with Crippen molar-refractivity contribution < 1.29 is 14.3 Å². The number of hydrogen-bond acceptors (Lipinski definition) is 3. The van der Waals surface area contributed by atoms with Gasteiger partial charge in [-0.15, -0.1) is 0 Å². The van der Waals surface area contributed by atoms with Crippen molar-refractivity contribution in [2.45, 2.75) is 0 Å². The lowest BCUT2D eigenvalue weighted by Crippen LogP contribution is -2.03. The summed E-state index contributed by atoms with van der Waals surface area (Å²) >= 11 is 2.00. The van der Waals surface area contributed by atoms with Gasteiger partial charge < -0.3 is 16.2 Å². The lowest BCUT2D eigenvalue weighted by molar-refractivity contribution is 0.0698. The fourth-order valence-electron chi connectivity index (χ4n) is 1.57. The summed E-state index contributed by atoms with van der Waals surface area (Å²) in [6.07, 6.45) is 0. The molecular weight excluding hydrogens is 362 g/mol. The van der Waals surface area contributed by atoms with E-state index in [0.717, 1.165) is 0 Å². The smallest absolute Gasteiger partial charge is 0.337 e. The fraction of sp³-hybridized carbons (Fsp3) is 0. The number of carbonyl (C=O) groups is 1. The Morgan fingerprint density at radius 2 is 2.00 bits per heavy atom. The van der Waals surface area contributed by atoms with Crippen LogP contribution in [-0.2, 0) is 0 Å². The zero-order valence-electron chi connectivity index (χ0n) is 9.65. The molecule has 0 aliphatic rings. The average molecular weight is 372 g/mol. The molecule has 2 aromatic carbocycles. The van der Waals surface area contributed by atoms with E-state index in [-0.39, 0.29) is 17.1 Å². The number of anilines is 3. The van der Waals surface area contributed by atoms with Crippen LogP contribution in [0.4, 0.5) is 21.5 Å². The largest absolute Gasteiger partial charge is 0.478 e. The van der Waals surface area contributed by atoms with Crippen LogP contribution in [0.15, 0.2) is 36.4 Å².